The lowest BCUT2D eigenvalue weighted by Gasteiger charge is -2.43. The van der Waals surface area contributed by atoms with Crippen molar-refractivity contribution in [3.05, 3.63) is 80.5 Å². The van der Waals surface area contributed by atoms with E-state index >= 15 is 0 Å². The Morgan fingerprint density at radius 3 is 2.30 bits per heavy atom. The minimum atomic E-state index is -0.386. The molecular formula is C33H35Cl3FNO2. The minimum absolute atomic E-state index is 0.0637. The van der Waals surface area contributed by atoms with Gasteiger partial charge in [0.05, 0.1) is 32.0 Å². The Balaban J connectivity index is 1.64. The lowest BCUT2D eigenvalue weighted by Crippen LogP contribution is -2.42. The van der Waals surface area contributed by atoms with Crippen LogP contribution >= 0.6 is 34.8 Å². The molecule has 0 radical (unpaired) electrons. The molecule has 7 heteroatoms. The number of amides is 1. The predicted octanol–water partition coefficient (Wildman–Crippen LogP) is 10.5. The SMILES string of the molecule is CCCOC1(C(C)C)CCC(c2cc(-c3ccc(F)cc3Cl)c3c(c2)N(c2c(Cl)cccc2Cl)C(=O)CC3)CC1. The van der Waals surface area contributed by atoms with E-state index in [2.05, 4.69) is 32.9 Å². The lowest BCUT2D eigenvalue weighted by atomic mass is 9.70. The molecule has 212 valence electrons. The number of benzene rings is 3. The van der Waals surface area contributed by atoms with Crippen LogP contribution in [-0.4, -0.2) is 18.1 Å². The Morgan fingerprint density at radius 1 is 0.975 bits per heavy atom. The fourth-order valence-electron chi connectivity index (χ4n) is 6.38. The highest BCUT2D eigenvalue weighted by Crippen LogP contribution is 2.49. The smallest absolute Gasteiger partial charge is 0.231 e. The van der Waals surface area contributed by atoms with E-state index in [0.29, 0.717) is 39.5 Å². The molecule has 0 spiro atoms. The summed E-state index contributed by atoms with van der Waals surface area (Å²) in [5, 5.41) is 1.16. The number of halogens is 4. The summed E-state index contributed by atoms with van der Waals surface area (Å²) >= 11 is 19.9. The van der Waals surface area contributed by atoms with Gasteiger partial charge < -0.3 is 4.74 Å². The molecule has 0 bridgehead atoms. The zero-order valence-electron chi connectivity index (χ0n) is 23.2. The van der Waals surface area contributed by atoms with Gasteiger partial charge in [0, 0.05) is 18.6 Å². The summed E-state index contributed by atoms with van der Waals surface area (Å²) in [4.78, 5) is 15.2. The van der Waals surface area contributed by atoms with E-state index in [4.69, 9.17) is 39.5 Å². The van der Waals surface area contributed by atoms with Crippen molar-refractivity contribution < 1.29 is 13.9 Å². The third-order valence-corrected chi connectivity index (χ3v) is 9.58. The largest absolute Gasteiger partial charge is 0.375 e. The first-order valence-electron chi connectivity index (χ1n) is 14.2. The molecule has 0 unspecified atom stereocenters. The summed E-state index contributed by atoms with van der Waals surface area (Å²) in [6.07, 6.45) is 5.72. The van der Waals surface area contributed by atoms with Gasteiger partial charge in [-0.3, -0.25) is 9.69 Å². The minimum Gasteiger partial charge on any atom is -0.375 e. The molecule has 1 aliphatic carbocycles. The summed E-state index contributed by atoms with van der Waals surface area (Å²) in [5.74, 6) is 0.252. The van der Waals surface area contributed by atoms with Gasteiger partial charge in [-0.05, 0) is 103 Å². The van der Waals surface area contributed by atoms with Crippen LogP contribution in [0.4, 0.5) is 15.8 Å². The molecule has 3 aromatic rings. The van der Waals surface area contributed by atoms with Gasteiger partial charge in [0.15, 0.2) is 0 Å². The Hall–Kier alpha value is -2.11. The van der Waals surface area contributed by atoms with Crippen LogP contribution in [0.1, 0.15) is 76.3 Å². The van der Waals surface area contributed by atoms with Crippen molar-refractivity contribution in [3.8, 4) is 11.1 Å². The van der Waals surface area contributed by atoms with E-state index in [9.17, 15) is 9.18 Å². The zero-order chi connectivity index (χ0) is 28.6. The zero-order valence-corrected chi connectivity index (χ0v) is 25.5. The molecule has 1 fully saturated rings. The number of anilines is 2. The van der Waals surface area contributed by atoms with E-state index in [-0.39, 0.29) is 23.2 Å². The van der Waals surface area contributed by atoms with Gasteiger partial charge in [-0.25, -0.2) is 4.39 Å². The van der Waals surface area contributed by atoms with Gasteiger partial charge in [-0.1, -0.05) is 67.7 Å². The number of hydrogen-bond acceptors (Lipinski definition) is 2. The summed E-state index contributed by atoms with van der Waals surface area (Å²) in [5.41, 5.74) is 4.91. The number of nitrogens with zero attached hydrogens (tertiary/aromatic N) is 1. The monoisotopic (exact) mass is 601 g/mol. The second kappa shape index (κ2) is 12.0. The normalized spacial score (nSPS) is 21.1. The van der Waals surface area contributed by atoms with Crippen molar-refractivity contribution in [1.29, 1.82) is 0 Å². The average Bonchev–Trinajstić information content (AvgIpc) is 2.92. The average molecular weight is 603 g/mol. The number of hydrogen-bond donors (Lipinski definition) is 0. The van der Waals surface area contributed by atoms with Crippen LogP contribution in [-0.2, 0) is 16.0 Å². The number of carbonyl (C=O) groups excluding carboxylic acids is 1. The van der Waals surface area contributed by atoms with Crippen molar-refractivity contribution >= 4 is 52.1 Å². The Morgan fingerprint density at radius 2 is 1.68 bits per heavy atom. The second-order valence-electron chi connectivity index (χ2n) is 11.3. The number of rotatable bonds is 7. The topological polar surface area (TPSA) is 29.5 Å². The molecule has 0 aromatic heterocycles. The van der Waals surface area contributed by atoms with E-state index in [0.717, 1.165) is 66.7 Å². The molecule has 3 nitrogen and oxygen atoms in total. The maximum Gasteiger partial charge on any atom is 0.231 e. The molecule has 0 N–H and O–H groups in total. The van der Waals surface area contributed by atoms with Crippen molar-refractivity contribution in [1.82, 2.24) is 0 Å². The predicted molar refractivity (Wildman–Crippen MR) is 164 cm³/mol. The number of ether oxygens (including phenoxy) is 1. The van der Waals surface area contributed by atoms with Crippen LogP contribution in [0.15, 0.2) is 48.5 Å². The van der Waals surface area contributed by atoms with Gasteiger partial charge in [0.25, 0.3) is 0 Å². The van der Waals surface area contributed by atoms with Gasteiger partial charge in [-0.2, -0.15) is 0 Å². The summed E-state index contributed by atoms with van der Waals surface area (Å²) in [6.45, 7) is 7.42. The van der Waals surface area contributed by atoms with Crippen molar-refractivity contribution in [3.63, 3.8) is 0 Å². The fourth-order valence-corrected chi connectivity index (χ4v) is 7.22. The van der Waals surface area contributed by atoms with Crippen molar-refractivity contribution in [2.24, 2.45) is 5.92 Å². The number of fused-ring (bicyclic) bond motifs is 1. The third kappa shape index (κ3) is 5.53. The first-order chi connectivity index (χ1) is 19.1. The maximum absolute atomic E-state index is 14.0. The molecule has 0 atom stereocenters. The summed E-state index contributed by atoms with van der Waals surface area (Å²) in [6, 6.07) is 14.1. The van der Waals surface area contributed by atoms with Gasteiger partial charge in [-0.15, -0.1) is 0 Å². The third-order valence-electron chi connectivity index (χ3n) is 8.66. The van der Waals surface area contributed by atoms with E-state index in [1.165, 1.54) is 12.1 Å². The van der Waals surface area contributed by atoms with E-state index in [1.54, 1.807) is 29.2 Å². The van der Waals surface area contributed by atoms with E-state index < -0.39 is 0 Å². The molecule has 1 amide bonds. The second-order valence-corrected chi connectivity index (χ2v) is 12.6. The van der Waals surface area contributed by atoms with Crippen molar-refractivity contribution in [2.75, 3.05) is 11.5 Å². The fraction of sp³-hybridized carbons (Fsp3) is 0.424. The Bertz CT molecular complexity index is 1390. The van der Waals surface area contributed by atoms with Gasteiger partial charge >= 0.3 is 0 Å². The van der Waals surface area contributed by atoms with Crippen LogP contribution in [0.25, 0.3) is 11.1 Å². The molecule has 3 aromatic carbocycles. The number of carbonyl (C=O) groups is 1. The molecule has 40 heavy (non-hydrogen) atoms. The quantitative estimate of drug-likeness (QED) is 0.269. The first kappa shape index (κ1) is 29.4. The van der Waals surface area contributed by atoms with Crippen LogP contribution in [0.3, 0.4) is 0 Å². The van der Waals surface area contributed by atoms with Crippen LogP contribution < -0.4 is 4.90 Å². The van der Waals surface area contributed by atoms with Crippen LogP contribution in [0.2, 0.25) is 15.1 Å². The van der Waals surface area contributed by atoms with Gasteiger partial charge in [0.1, 0.15) is 5.82 Å². The molecular weight excluding hydrogens is 568 g/mol. The molecule has 1 aliphatic heterocycles. The maximum atomic E-state index is 14.0. The highest BCUT2D eigenvalue weighted by atomic mass is 35.5. The standard InChI is InChI=1S/C33H35Cl3FNO2/c1-4-16-40-33(20(2)3)14-12-21(13-15-33)22-17-26(24-9-8-23(37)19-29(24)36)25-10-11-31(39)38(30(25)18-22)32-27(34)6-5-7-28(32)35/h5-9,17-21H,4,10-16H2,1-3H3. The van der Waals surface area contributed by atoms with E-state index in [1.807, 2.05) is 0 Å². The molecule has 5 rings (SSSR count). The lowest BCUT2D eigenvalue weighted by molar-refractivity contribution is -0.118. The molecule has 1 saturated carbocycles. The van der Waals surface area contributed by atoms with Crippen molar-refractivity contribution in [2.45, 2.75) is 77.2 Å². The Labute approximate surface area is 251 Å². The highest BCUT2D eigenvalue weighted by Gasteiger charge is 2.40. The summed E-state index contributed by atoms with van der Waals surface area (Å²) < 4.78 is 20.5. The highest BCUT2D eigenvalue weighted by molar-refractivity contribution is 6.40. The Kier molecular flexibility index (Phi) is 8.83. The summed E-state index contributed by atoms with van der Waals surface area (Å²) in [7, 11) is 0. The van der Waals surface area contributed by atoms with Crippen LogP contribution in [0.5, 0.6) is 0 Å². The number of para-hydroxylation sites is 1. The molecule has 2 aliphatic rings. The molecule has 0 saturated heterocycles. The van der Waals surface area contributed by atoms with Gasteiger partial charge in [0.2, 0.25) is 5.91 Å². The van der Waals surface area contributed by atoms with Crippen LogP contribution in [0, 0.1) is 11.7 Å². The first-order valence-corrected chi connectivity index (χ1v) is 15.3. The molecule has 1 heterocycles.